The number of nitrogen functional groups attached to an aromatic ring is 1. The Balaban J connectivity index is 1.98. The molecule has 0 unspecified atom stereocenters. The van der Waals surface area contributed by atoms with Crippen molar-refractivity contribution in [2.24, 2.45) is 10.8 Å². The summed E-state index contributed by atoms with van der Waals surface area (Å²) in [7, 11) is -3.45. The van der Waals surface area contributed by atoms with Crippen molar-refractivity contribution in [3.05, 3.63) is 24.3 Å². The molecule has 2 fully saturated rings. The van der Waals surface area contributed by atoms with Gasteiger partial charge in [0.2, 0.25) is 10.0 Å². The van der Waals surface area contributed by atoms with Crippen molar-refractivity contribution in [3.8, 4) is 0 Å². The molecule has 4 nitrogen and oxygen atoms in total. The number of sulfonamides is 1. The van der Waals surface area contributed by atoms with Crippen LogP contribution >= 0.6 is 0 Å². The van der Waals surface area contributed by atoms with Crippen LogP contribution in [0, 0.1) is 10.8 Å². The van der Waals surface area contributed by atoms with E-state index < -0.39 is 10.0 Å². The molecule has 1 aromatic carbocycles. The maximum absolute atomic E-state index is 13.0. The fourth-order valence-corrected chi connectivity index (χ4v) is 6.33. The van der Waals surface area contributed by atoms with Crippen LogP contribution in [0.2, 0.25) is 0 Å². The van der Waals surface area contributed by atoms with Crippen molar-refractivity contribution in [2.75, 3.05) is 12.3 Å². The highest BCUT2D eigenvalue weighted by Gasteiger charge is 2.53. The van der Waals surface area contributed by atoms with E-state index >= 15 is 0 Å². The van der Waals surface area contributed by atoms with Gasteiger partial charge in [-0.25, -0.2) is 8.42 Å². The van der Waals surface area contributed by atoms with Crippen molar-refractivity contribution in [1.82, 2.24) is 4.31 Å². The summed E-state index contributed by atoms with van der Waals surface area (Å²) in [6.07, 6.45) is 2.99. The second-order valence-corrected chi connectivity index (χ2v) is 9.73. The fraction of sp³-hybridized carbons (Fsp3) is 0.625. The van der Waals surface area contributed by atoms with E-state index in [-0.39, 0.29) is 16.9 Å². The first-order chi connectivity index (χ1) is 9.61. The van der Waals surface area contributed by atoms with Gasteiger partial charge in [-0.1, -0.05) is 26.8 Å². The van der Waals surface area contributed by atoms with Gasteiger partial charge in [-0.05, 0) is 48.3 Å². The van der Waals surface area contributed by atoms with Gasteiger partial charge in [-0.15, -0.1) is 0 Å². The van der Waals surface area contributed by atoms with Crippen LogP contribution in [0.25, 0.3) is 0 Å². The summed E-state index contributed by atoms with van der Waals surface area (Å²) in [6, 6.07) is 6.74. The molecule has 2 aliphatic rings. The van der Waals surface area contributed by atoms with Gasteiger partial charge in [0.15, 0.2) is 0 Å². The Bertz CT molecular complexity index is 669. The summed E-state index contributed by atoms with van der Waals surface area (Å²) in [6.45, 7) is 7.33. The molecular formula is C16H24N2O2S. The second kappa shape index (κ2) is 4.46. The van der Waals surface area contributed by atoms with E-state index in [0.29, 0.717) is 17.1 Å². The first-order valence-electron chi connectivity index (χ1n) is 7.49. The zero-order valence-electron chi connectivity index (χ0n) is 13.0. The van der Waals surface area contributed by atoms with E-state index in [9.17, 15) is 8.42 Å². The van der Waals surface area contributed by atoms with Gasteiger partial charge in [0.05, 0.1) is 4.90 Å². The van der Waals surface area contributed by atoms with Crippen molar-refractivity contribution in [2.45, 2.75) is 51.0 Å². The lowest BCUT2D eigenvalue weighted by Crippen LogP contribution is -2.37. The molecule has 1 aliphatic carbocycles. The third-order valence-electron chi connectivity index (χ3n) is 4.83. The van der Waals surface area contributed by atoms with Crippen molar-refractivity contribution < 1.29 is 8.42 Å². The summed E-state index contributed by atoms with van der Waals surface area (Å²) in [5.41, 5.74) is 6.54. The quantitative estimate of drug-likeness (QED) is 0.855. The standard InChI is InChI=1S/C16H24N2O2S/c1-15(2)8-13-9-16(3,10-15)11-18(13)21(19,20)14-6-4-5-12(17)7-14/h4-7,13H,8-11,17H2,1-3H3/t13-,16+/m1/s1. The molecule has 21 heavy (non-hydrogen) atoms. The second-order valence-electron chi connectivity index (χ2n) is 7.84. The normalized spacial score (nSPS) is 32.2. The topological polar surface area (TPSA) is 63.4 Å². The third-order valence-corrected chi connectivity index (χ3v) is 6.73. The summed E-state index contributed by atoms with van der Waals surface area (Å²) in [5, 5.41) is 0. The minimum Gasteiger partial charge on any atom is -0.399 e. The van der Waals surface area contributed by atoms with E-state index in [1.807, 2.05) is 0 Å². The molecule has 2 N–H and O–H groups in total. The largest absolute Gasteiger partial charge is 0.399 e. The lowest BCUT2D eigenvalue weighted by molar-refractivity contribution is 0.133. The summed E-state index contributed by atoms with van der Waals surface area (Å²) in [4.78, 5) is 0.316. The molecule has 1 aromatic rings. The number of hydrogen-bond acceptors (Lipinski definition) is 3. The van der Waals surface area contributed by atoms with Crippen LogP contribution < -0.4 is 5.73 Å². The van der Waals surface area contributed by atoms with Crippen molar-refractivity contribution in [1.29, 1.82) is 0 Å². The van der Waals surface area contributed by atoms with Gasteiger partial charge in [0.1, 0.15) is 0 Å². The minimum absolute atomic E-state index is 0.0970. The highest BCUT2D eigenvalue weighted by Crippen LogP contribution is 2.53. The van der Waals surface area contributed by atoms with Crippen LogP contribution in [-0.4, -0.2) is 25.3 Å². The Hall–Kier alpha value is -1.07. The monoisotopic (exact) mass is 308 g/mol. The van der Waals surface area contributed by atoms with Crippen LogP contribution in [0.3, 0.4) is 0 Å². The molecular weight excluding hydrogens is 284 g/mol. The first-order valence-corrected chi connectivity index (χ1v) is 8.93. The van der Waals surface area contributed by atoms with Gasteiger partial charge in [-0.3, -0.25) is 0 Å². The van der Waals surface area contributed by atoms with Crippen molar-refractivity contribution in [3.63, 3.8) is 0 Å². The number of nitrogens with zero attached hydrogens (tertiary/aromatic N) is 1. The third kappa shape index (κ3) is 2.57. The maximum atomic E-state index is 13.0. The highest BCUT2D eigenvalue weighted by atomic mass is 32.2. The molecule has 2 atom stereocenters. The zero-order chi connectivity index (χ0) is 15.5. The molecule has 116 valence electrons. The Morgan fingerprint density at radius 1 is 1.24 bits per heavy atom. The predicted octanol–water partition coefficient (Wildman–Crippen LogP) is 2.86. The molecule has 1 saturated heterocycles. The molecule has 3 rings (SSSR count). The van der Waals surface area contributed by atoms with Gasteiger partial charge in [-0.2, -0.15) is 4.31 Å². The van der Waals surface area contributed by atoms with Crippen LogP contribution in [0.5, 0.6) is 0 Å². The van der Waals surface area contributed by atoms with Gasteiger partial charge in [0.25, 0.3) is 0 Å². The lowest BCUT2D eigenvalue weighted by Gasteiger charge is -2.39. The average Bonchev–Trinajstić information content (AvgIpc) is 2.59. The van der Waals surface area contributed by atoms with Gasteiger partial charge >= 0.3 is 0 Å². The lowest BCUT2D eigenvalue weighted by atomic mass is 9.65. The molecule has 1 heterocycles. The Kier molecular flexibility index (Phi) is 3.16. The zero-order valence-corrected chi connectivity index (χ0v) is 13.8. The fourth-order valence-electron chi connectivity index (χ4n) is 4.50. The van der Waals surface area contributed by atoms with E-state index in [1.165, 1.54) is 0 Å². The Morgan fingerprint density at radius 2 is 1.95 bits per heavy atom. The smallest absolute Gasteiger partial charge is 0.243 e. The maximum Gasteiger partial charge on any atom is 0.243 e. The van der Waals surface area contributed by atoms with Crippen molar-refractivity contribution >= 4 is 15.7 Å². The minimum atomic E-state index is -3.45. The summed E-state index contributed by atoms with van der Waals surface area (Å²) in [5.74, 6) is 0. The van der Waals surface area contributed by atoms with Crippen LogP contribution in [-0.2, 0) is 10.0 Å². The highest BCUT2D eigenvalue weighted by molar-refractivity contribution is 7.89. The van der Waals surface area contributed by atoms with Crippen LogP contribution in [0.1, 0.15) is 40.0 Å². The molecule has 0 amide bonds. The van der Waals surface area contributed by atoms with E-state index in [4.69, 9.17) is 5.73 Å². The summed E-state index contributed by atoms with van der Waals surface area (Å²) < 4.78 is 27.6. The van der Waals surface area contributed by atoms with E-state index in [0.717, 1.165) is 19.3 Å². The van der Waals surface area contributed by atoms with Crippen LogP contribution in [0.4, 0.5) is 5.69 Å². The van der Waals surface area contributed by atoms with E-state index in [2.05, 4.69) is 20.8 Å². The van der Waals surface area contributed by atoms with E-state index in [1.54, 1.807) is 28.6 Å². The summed E-state index contributed by atoms with van der Waals surface area (Å²) >= 11 is 0. The first kappa shape index (κ1) is 14.9. The molecule has 0 spiro atoms. The SMILES string of the molecule is CC1(C)C[C@@H]2C[C@](C)(CN2S(=O)(=O)c2cccc(N)c2)C1. The number of anilines is 1. The molecule has 1 saturated carbocycles. The Labute approximate surface area is 127 Å². The average molecular weight is 308 g/mol. The molecule has 0 radical (unpaired) electrons. The van der Waals surface area contributed by atoms with Gasteiger partial charge < -0.3 is 5.73 Å². The number of benzene rings is 1. The van der Waals surface area contributed by atoms with Gasteiger partial charge in [0, 0.05) is 18.3 Å². The molecule has 5 heteroatoms. The van der Waals surface area contributed by atoms with Crippen LogP contribution in [0.15, 0.2) is 29.2 Å². The number of rotatable bonds is 2. The number of fused-ring (bicyclic) bond motifs is 2. The predicted molar refractivity (Wildman–Crippen MR) is 84.3 cm³/mol. The molecule has 0 aromatic heterocycles. The molecule has 1 aliphatic heterocycles. The number of nitrogens with two attached hydrogens (primary N) is 1. The Morgan fingerprint density at radius 3 is 2.62 bits per heavy atom. The molecule has 2 bridgehead atoms. The number of hydrogen-bond donors (Lipinski definition) is 1.